The fraction of sp³-hybridized carbons (Fsp3) is 0.314. The molecule has 0 fully saturated rings. The first-order chi connectivity index (χ1) is 20.0. The number of nitrogens with one attached hydrogen (secondary N) is 1. The number of carbonyl (C=O) groups is 2. The first-order valence-electron chi connectivity index (χ1n) is 14.3. The monoisotopic (exact) mass is 551 g/mol. The molecule has 5 rings (SSSR count). The maximum Gasteiger partial charge on any atom is 0.336 e. The van der Waals surface area contributed by atoms with E-state index in [9.17, 15) is 9.59 Å². The quantitative estimate of drug-likeness (QED) is 0.285. The van der Waals surface area contributed by atoms with Crippen LogP contribution in [0.2, 0.25) is 0 Å². The van der Waals surface area contributed by atoms with Crippen LogP contribution >= 0.6 is 0 Å². The molecule has 0 amide bonds. The van der Waals surface area contributed by atoms with Crippen LogP contribution in [0.15, 0.2) is 101 Å². The van der Waals surface area contributed by atoms with Gasteiger partial charge in [-0.2, -0.15) is 0 Å². The summed E-state index contributed by atoms with van der Waals surface area (Å²) in [6.07, 6.45) is 2.48. The standard InChI is InChI=1S/C35H37NO5/c1-4-19-40-31-13-9-8-12-28(31)33-32(35(38)41-20-18-24-10-6-5-7-11-24)23(2)36-29-21-26(22-30(37)34(29)33)25-14-16-27(39-3)17-15-25/h5-17,26,33,36H,4,18-22H2,1-3H3/t26-,33+/m0/s1. The minimum absolute atomic E-state index is 0.0250. The molecule has 0 bridgehead atoms. The predicted molar refractivity (Wildman–Crippen MR) is 159 cm³/mol. The van der Waals surface area contributed by atoms with Gasteiger partial charge in [-0.05, 0) is 55.0 Å². The van der Waals surface area contributed by atoms with Gasteiger partial charge in [0.2, 0.25) is 0 Å². The Morgan fingerprint density at radius 3 is 2.39 bits per heavy atom. The van der Waals surface area contributed by atoms with E-state index in [-0.39, 0.29) is 18.3 Å². The van der Waals surface area contributed by atoms with Crippen molar-refractivity contribution < 1.29 is 23.8 Å². The van der Waals surface area contributed by atoms with Gasteiger partial charge in [-0.25, -0.2) is 4.79 Å². The Bertz CT molecular complexity index is 1460. The zero-order chi connectivity index (χ0) is 28.8. The van der Waals surface area contributed by atoms with Gasteiger partial charge in [-0.3, -0.25) is 4.79 Å². The van der Waals surface area contributed by atoms with E-state index in [1.807, 2.05) is 85.8 Å². The van der Waals surface area contributed by atoms with Crippen LogP contribution in [0.5, 0.6) is 11.5 Å². The van der Waals surface area contributed by atoms with Gasteiger partial charge in [-0.15, -0.1) is 0 Å². The van der Waals surface area contributed by atoms with E-state index in [4.69, 9.17) is 14.2 Å². The number of esters is 1. The van der Waals surface area contributed by atoms with Gasteiger partial charge in [0.05, 0.1) is 31.8 Å². The molecule has 212 valence electrons. The normalized spacial score (nSPS) is 18.5. The third-order valence-electron chi connectivity index (χ3n) is 7.79. The van der Waals surface area contributed by atoms with Crippen LogP contribution in [0.1, 0.15) is 61.6 Å². The van der Waals surface area contributed by atoms with Crippen molar-refractivity contribution in [3.8, 4) is 11.5 Å². The lowest BCUT2D eigenvalue weighted by molar-refractivity contribution is -0.139. The average molecular weight is 552 g/mol. The molecule has 0 saturated heterocycles. The van der Waals surface area contributed by atoms with Crippen LogP contribution in [0.3, 0.4) is 0 Å². The Morgan fingerprint density at radius 1 is 0.927 bits per heavy atom. The molecule has 1 N–H and O–H groups in total. The van der Waals surface area contributed by atoms with E-state index in [0.717, 1.165) is 34.6 Å². The number of benzene rings is 3. The molecule has 1 heterocycles. The van der Waals surface area contributed by atoms with Gasteiger partial charge in [0.15, 0.2) is 5.78 Å². The Labute approximate surface area is 242 Å². The van der Waals surface area contributed by atoms with Gasteiger partial charge in [-0.1, -0.05) is 67.6 Å². The number of para-hydroxylation sites is 1. The molecule has 41 heavy (non-hydrogen) atoms. The molecule has 1 aliphatic heterocycles. The van der Waals surface area contributed by atoms with Crippen molar-refractivity contribution in [3.05, 3.63) is 118 Å². The molecule has 0 unspecified atom stereocenters. The van der Waals surface area contributed by atoms with Crippen molar-refractivity contribution in [2.75, 3.05) is 20.3 Å². The lowest BCUT2D eigenvalue weighted by Gasteiger charge is -2.37. The van der Waals surface area contributed by atoms with Crippen molar-refractivity contribution >= 4 is 11.8 Å². The number of hydrogen-bond acceptors (Lipinski definition) is 6. The smallest absolute Gasteiger partial charge is 0.336 e. The van der Waals surface area contributed by atoms with Crippen LogP contribution in [0.4, 0.5) is 0 Å². The lowest BCUT2D eigenvalue weighted by atomic mass is 9.71. The fourth-order valence-corrected chi connectivity index (χ4v) is 5.78. The van der Waals surface area contributed by atoms with Crippen LogP contribution < -0.4 is 14.8 Å². The van der Waals surface area contributed by atoms with Crippen LogP contribution in [-0.4, -0.2) is 32.1 Å². The summed E-state index contributed by atoms with van der Waals surface area (Å²) in [7, 11) is 1.64. The summed E-state index contributed by atoms with van der Waals surface area (Å²) in [5.74, 6) is 0.520. The molecule has 1 aliphatic carbocycles. The highest BCUT2D eigenvalue weighted by atomic mass is 16.5. The third-order valence-corrected chi connectivity index (χ3v) is 7.79. The summed E-state index contributed by atoms with van der Waals surface area (Å²) >= 11 is 0. The Kier molecular flexibility index (Phi) is 8.88. The van der Waals surface area contributed by atoms with Crippen LogP contribution in [0.25, 0.3) is 0 Å². The molecule has 3 aromatic rings. The maximum atomic E-state index is 14.0. The fourth-order valence-electron chi connectivity index (χ4n) is 5.78. The highest BCUT2D eigenvalue weighted by Gasteiger charge is 2.42. The van der Waals surface area contributed by atoms with Gasteiger partial charge < -0.3 is 19.5 Å². The van der Waals surface area contributed by atoms with E-state index in [1.54, 1.807) is 7.11 Å². The van der Waals surface area contributed by atoms with Crippen molar-refractivity contribution in [1.82, 2.24) is 5.32 Å². The van der Waals surface area contributed by atoms with E-state index in [0.29, 0.717) is 48.5 Å². The third kappa shape index (κ3) is 6.22. The van der Waals surface area contributed by atoms with Gasteiger partial charge in [0.1, 0.15) is 11.5 Å². The first-order valence-corrected chi connectivity index (χ1v) is 14.3. The molecule has 0 aromatic heterocycles. The van der Waals surface area contributed by atoms with Gasteiger partial charge in [0.25, 0.3) is 0 Å². The number of dihydropyridines is 1. The van der Waals surface area contributed by atoms with Crippen molar-refractivity contribution in [1.29, 1.82) is 0 Å². The number of allylic oxidation sites excluding steroid dienone is 3. The summed E-state index contributed by atoms with van der Waals surface area (Å²) < 4.78 is 17.3. The lowest BCUT2D eigenvalue weighted by Crippen LogP contribution is -2.36. The van der Waals surface area contributed by atoms with Gasteiger partial charge in [0, 0.05) is 35.4 Å². The summed E-state index contributed by atoms with van der Waals surface area (Å²) in [5, 5.41) is 3.44. The Hall–Kier alpha value is -4.32. The van der Waals surface area contributed by atoms with Crippen LogP contribution in [0, 0.1) is 0 Å². The summed E-state index contributed by atoms with van der Waals surface area (Å²) in [6.45, 7) is 4.74. The predicted octanol–water partition coefficient (Wildman–Crippen LogP) is 6.63. The number of ether oxygens (including phenoxy) is 3. The molecule has 6 heteroatoms. The Morgan fingerprint density at radius 2 is 1.66 bits per heavy atom. The zero-order valence-electron chi connectivity index (χ0n) is 23.9. The summed E-state index contributed by atoms with van der Waals surface area (Å²) in [5.41, 5.74) is 5.63. The number of methoxy groups -OCH3 is 1. The van der Waals surface area contributed by atoms with Crippen molar-refractivity contribution in [3.63, 3.8) is 0 Å². The molecule has 2 atom stereocenters. The molecule has 0 saturated carbocycles. The molecular weight excluding hydrogens is 514 g/mol. The highest BCUT2D eigenvalue weighted by Crippen LogP contribution is 2.47. The highest BCUT2D eigenvalue weighted by molar-refractivity contribution is 6.04. The minimum Gasteiger partial charge on any atom is -0.497 e. The zero-order valence-corrected chi connectivity index (χ0v) is 23.9. The summed E-state index contributed by atoms with van der Waals surface area (Å²) in [4.78, 5) is 27.7. The molecule has 3 aromatic carbocycles. The SMILES string of the molecule is CCCOc1ccccc1[C@@H]1C(C(=O)OCCc2ccccc2)=C(C)NC2=C1C(=O)C[C@@H](c1ccc(OC)cc1)C2. The number of ketones is 1. The maximum absolute atomic E-state index is 14.0. The Balaban J connectivity index is 1.49. The number of Topliss-reactive ketones (excluding diaryl/α,β-unsaturated/α-hetero) is 1. The molecule has 0 spiro atoms. The van der Waals surface area contributed by atoms with E-state index >= 15 is 0 Å². The largest absolute Gasteiger partial charge is 0.497 e. The second kappa shape index (κ2) is 12.9. The molecule has 6 nitrogen and oxygen atoms in total. The summed E-state index contributed by atoms with van der Waals surface area (Å²) in [6, 6.07) is 25.6. The second-order valence-corrected chi connectivity index (χ2v) is 10.5. The number of rotatable bonds is 10. The number of hydrogen-bond donors (Lipinski definition) is 1. The molecule has 0 radical (unpaired) electrons. The van der Waals surface area contributed by atoms with E-state index < -0.39 is 11.9 Å². The first kappa shape index (κ1) is 28.2. The molecule has 2 aliphatic rings. The second-order valence-electron chi connectivity index (χ2n) is 10.5. The van der Waals surface area contributed by atoms with E-state index in [2.05, 4.69) is 12.2 Å². The van der Waals surface area contributed by atoms with Crippen molar-refractivity contribution in [2.45, 2.75) is 51.4 Å². The van der Waals surface area contributed by atoms with E-state index in [1.165, 1.54) is 0 Å². The topological polar surface area (TPSA) is 73.9 Å². The average Bonchev–Trinajstić information content (AvgIpc) is 3.00. The number of carbonyl (C=O) groups excluding carboxylic acids is 2. The van der Waals surface area contributed by atoms with Crippen LogP contribution in [-0.2, 0) is 20.7 Å². The molecular formula is C35H37NO5. The van der Waals surface area contributed by atoms with Gasteiger partial charge >= 0.3 is 5.97 Å². The van der Waals surface area contributed by atoms with Crippen molar-refractivity contribution in [2.24, 2.45) is 0 Å². The minimum atomic E-state index is -0.576.